The fourth-order valence-corrected chi connectivity index (χ4v) is 0.933. The second-order valence-corrected chi connectivity index (χ2v) is 2.30. The molecule has 0 aliphatic carbocycles. The van der Waals surface area contributed by atoms with E-state index in [0.29, 0.717) is 23.2 Å². The molecule has 0 fully saturated rings. The van der Waals surface area contributed by atoms with Gasteiger partial charge in [-0.15, -0.1) is 0 Å². The van der Waals surface area contributed by atoms with Gasteiger partial charge in [0, 0.05) is 13.3 Å². The van der Waals surface area contributed by atoms with Crippen molar-refractivity contribution in [3.05, 3.63) is 11.8 Å². The van der Waals surface area contributed by atoms with Gasteiger partial charge in [0.05, 0.1) is 0 Å². The smallest absolute Gasteiger partial charge is 0.288 e. The van der Waals surface area contributed by atoms with Crippen LogP contribution in [0.15, 0.2) is 8.83 Å². The van der Waals surface area contributed by atoms with Crippen LogP contribution in [0, 0.1) is 6.92 Å². The molecule has 0 bridgehead atoms. The van der Waals surface area contributed by atoms with Crippen molar-refractivity contribution in [1.29, 1.82) is 0 Å². The summed E-state index contributed by atoms with van der Waals surface area (Å²) in [4.78, 5) is 8.04. The van der Waals surface area contributed by atoms with Gasteiger partial charge in [-0.1, -0.05) is 6.92 Å². The Morgan fingerprint density at radius 3 is 2.55 bits per heavy atom. The number of hydrogen-bond donors (Lipinski definition) is 0. The molecule has 2 aromatic rings. The minimum Gasteiger partial charge on any atom is -0.420 e. The first-order valence-electron chi connectivity index (χ1n) is 3.52. The molecule has 0 amide bonds. The third kappa shape index (κ3) is 0.906. The van der Waals surface area contributed by atoms with Crippen LogP contribution in [0.3, 0.4) is 0 Å². The largest absolute Gasteiger partial charge is 0.420 e. The minimum atomic E-state index is 0.499. The lowest BCUT2D eigenvalue weighted by molar-refractivity contribution is 0.516. The Morgan fingerprint density at radius 2 is 1.91 bits per heavy atom. The van der Waals surface area contributed by atoms with Crippen LogP contribution in [0.2, 0.25) is 0 Å². The molecule has 0 aromatic carbocycles. The second kappa shape index (κ2) is 2.08. The van der Waals surface area contributed by atoms with Crippen molar-refractivity contribution in [2.75, 3.05) is 0 Å². The van der Waals surface area contributed by atoms with E-state index in [9.17, 15) is 0 Å². The standard InChI is InChI=1S/C7H8N2O2/c1-3-5-9-7-6(11-5)8-4(2)10-7/h3H2,1-2H3. The zero-order valence-corrected chi connectivity index (χ0v) is 6.42. The zero-order valence-electron chi connectivity index (χ0n) is 6.42. The third-order valence-electron chi connectivity index (χ3n) is 1.43. The Hall–Kier alpha value is -1.32. The van der Waals surface area contributed by atoms with E-state index in [1.165, 1.54) is 0 Å². The van der Waals surface area contributed by atoms with Gasteiger partial charge in [-0.3, -0.25) is 0 Å². The summed E-state index contributed by atoms with van der Waals surface area (Å²) in [6.07, 6.45) is 0.769. The third-order valence-corrected chi connectivity index (χ3v) is 1.43. The zero-order chi connectivity index (χ0) is 7.84. The quantitative estimate of drug-likeness (QED) is 0.623. The summed E-state index contributed by atoms with van der Waals surface area (Å²) >= 11 is 0. The fourth-order valence-electron chi connectivity index (χ4n) is 0.933. The molecular formula is C7H8N2O2. The summed E-state index contributed by atoms with van der Waals surface area (Å²) in [5.74, 6) is 1.26. The van der Waals surface area contributed by atoms with Crippen LogP contribution in [-0.2, 0) is 6.42 Å². The van der Waals surface area contributed by atoms with Crippen LogP contribution < -0.4 is 0 Å². The highest BCUT2D eigenvalue weighted by Crippen LogP contribution is 2.15. The number of fused-ring (bicyclic) bond motifs is 1. The Morgan fingerprint density at radius 1 is 1.18 bits per heavy atom. The molecule has 2 rings (SSSR count). The van der Waals surface area contributed by atoms with E-state index in [-0.39, 0.29) is 0 Å². The Labute approximate surface area is 63.2 Å². The summed E-state index contributed by atoms with van der Waals surface area (Å²) in [6.45, 7) is 3.74. The first-order chi connectivity index (χ1) is 5.29. The van der Waals surface area contributed by atoms with Gasteiger partial charge in [-0.25, -0.2) is 0 Å². The van der Waals surface area contributed by atoms with Gasteiger partial charge in [0.15, 0.2) is 11.8 Å². The molecule has 0 radical (unpaired) electrons. The highest BCUT2D eigenvalue weighted by atomic mass is 16.4. The van der Waals surface area contributed by atoms with Crippen LogP contribution in [0.4, 0.5) is 0 Å². The number of aryl methyl sites for hydroxylation is 2. The SMILES string of the molecule is CCc1nc2oc(C)nc2o1. The van der Waals surface area contributed by atoms with Gasteiger partial charge in [-0.05, 0) is 0 Å². The molecule has 2 heterocycles. The van der Waals surface area contributed by atoms with E-state index in [1.807, 2.05) is 6.92 Å². The molecule has 58 valence electrons. The predicted octanol–water partition coefficient (Wildman–Crippen LogP) is 1.69. The van der Waals surface area contributed by atoms with Crippen LogP contribution in [0.5, 0.6) is 0 Å². The molecule has 4 heteroatoms. The molecule has 0 aliphatic heterocycles. The monoisotopic (exact) mass is 152 g/mol. The van der Waals surface area contributed by atoms with Gasteiger partial charge < -0.3 is 8.83 Å². The van der Waals surface area contributed by atoms with E-state index < -0.39 is 0 Å². The maximum atomic E-state index is 5.22. The molecule has 0 saturated carbocycles. The lowest BCUT2D eigenvalue weighted by Gasteiger charge is -1.80. The van der Waals surface area contributed by atoms with Crippen molar-refractivity contribution in [3.63, 3.8) is 0 Å². The highest BCUT2D eigenvalue weighted by molar-refractivity contribution is 5.59. The van der Waals surface area contributed by atoms with Gasteiger partial charge in [-0.2, -0.15) is 9.97 Å². The first-order valence-corrected chi connectivity index (χ1v) is 3.52. The molecule has 0 spiro atoms. The van der Waals surface area contributed by atoms with Gasteiger partial charge in [0.25, 0.3) is 11.4 Å². The van der Waals surface area contributed by atoms with Crippen molar-refractivity contribution < 1.29 is 8.83 Å². The van der Waals surface area contributed by atoms with E-state index in [1.54, 1.807) is 6.92 Å². The number of oxazole rings is 2. The molecule has 0 atom stereocenters. The summed E-state index contributed by atoms with van der Waals surface area (Å²) in [7, 11) is 0. The lowest BCUT2D eigenvalue weighted by Crippen LogP contribution is -1.76. The number of aromatic nitrogens is 2. The molecule has 11 heavy (non-hydrogen) atoms. The molecule has 0 unspecified atom stereocenters. The van der Waals surface area contributed by atoms with Crippen molar-refractivity contribution in [2.24, 2.45) is 0 Å². The number of hydrogen-bond acceptors (Lipinski definition) is 4. The lowest BCUT2D eigenvalue weighted by atomic mass is 10.5. The fraction of sp³-hybridized carbons (Fsp3) is 0.429. The Bertz CT molecular complexity index is 343. The van der Waals surface area contributed by atoms with Crippen LogP contribution >= 0.6 is 0 Å². The Kier molecular flexibility index (Phi) is 1.21. The minimum absolute atomic E-state index is 0.499. The van der Waals surface area contributed by atoms with Crippen LogP contribution in [0.1, 0.15) is 18.7 Å². The van der Waals surface area contributed by atoms with Gasteiger partial charge in [0.2, 0.25) is 0 Å². The summed E-state index contributed by atoms with van der Waals surface area (Å²) in [6, 6.07) is 0. The summed E-state index contributed by atoms with van der Waals surface area (Å²) < 4.78 is 10.4. The highest BCUT2D eigenvalue weighted by Gasteiger charge is 2.09. The average Bonchev–Trinajstić information content (AvgIpc) is 2.43. The summed E-state index contributed by atoms with van der Waals surface area (Å²) in [5.41, 5.74) is 0.999. The summed E-state index contributed by atoms with van der Waals surface area (Å²) in [5, 5.41) is 0. The normalized spacial score (nSPS) is 11.1. The van der Waals surface area contributed by atoms with Crippen molar-refractivity contribution in [1.82, 2.24) is 9.97 Å². The topological polar surface area (TPSA) is 52.1 Å². The number of nitrogens with zero attached hydrogens (tertiary/aromatic N) is 2. The van der Waals surface area contributed by atoms with Crippen LogP contribution in [0.25, 0.3) is 11.4 Å². The maximum absolute atomic E-state index is 5.22. The Balaban J connectivity index is 2.64. The van der Waals surface area contributed by atoms with E-state index in [2.05, 4.69) is 9.97 Å². The van der Waals surface area contributed by atoms with Crippen LogP contribution in [-0.4, -0.2) is 9.97 Å². The van der Waals surface area contributed by atoms with E-state index in [0.717, 1.165) is 6.42 Å². The molecule has 0 saturated heterocycles. The molecule has 4 nitrogen and oxygen atoms in total. The average molecular weight is 152 g/mol. The van der Waals surface area contributed by atoms with Crippen molar-refractivity contribution in [2.45, 2.75) is 20.3 Å². The van der Waals surface area contributed by atoms with E-state index >= 15 is 0 Å². The maximum Gasteiger partial charge on any atom is 0.288 e. The van der Waals surface area contributed by atoms with Crippen molar-refractivity contribution >= 4 is 11.4 Å². The molecule has 0 N–H and O–H groups in total. The molecule has 0 aliphatic rings. The number of rotatable bonds is 1. The molecule has 2 aromatic heterocycles. The van der Waals surface area contributed by atoms with Gasteiger partial charge >= 0.3 is 0 Å². The van der Waals surface area contributed by atoms with E-state index in [4.69, 9.17) is 8.83 Å². The van der Waals surface area contributed by atoms with Gasteiger partial charge in [0.1, 0.15) is 0 Å². The predicted molar refractivity (Wildman–Crippen MR) is 38.2 cm³/mol. The first kappa shape index (κ1) is 6.39. The van der Waals surface area contributed by atoms with Crippen molar-refractivity contribution in [3.8, 4) is 0 Å². The second-order valence-electron chi connectivity index (χ2n) is 2.30. The molecular weight excluding hydrogens is 144 g/mol.